The number of hydrogen-bond donors (Lipinski definition) is 2. The minimum absolute atomic E-state index is 0.458. The van der Waals surface area contributed by atoms with E-state index in [9.17, 15) is 0 Å². The molecule has 0 fully saturated rings. The molecule has 0 aliphatic carbocycles. The van der Waals surface area contributed by atoms with Crippen molar-refractivity contribution in [2.24, 2.45) is 5.84 Å². The first-order valence-corrected chi connectivity index (χ1v) is 8.41. The number of fused-ring (bicyclic) bond motifs is 1. The van der Waals surface area contributed by atoms with E-state index in [2.05, 4.69) is 50.8 Å². The summed E-state index contributed by atoms with van der Waals surface area (Å²) < 4.78 is 0. The number of hydrazine groups is 1. The fourth-order valence-electron chi connectivity index (χ4n) is 2.20. The molecule has 0 amide bonds. The number of hydrogen-bond acceptors (Lipinski definition) is 7. The van der Waals surface area contributed by atoms with Crippen molar-refractivity contribution in [2.75, 3.05) is 17.4 Å². The largest absolute Gasteiger partial charge is 0.354 e. The van der Waals surface area contributed by atoms with E-state index >= 15 is 0 Å². The van der Waals surface area contributed by atoms with E-state index in [1.54, 1.807) is 22.7 Å². The Balaban J connectivity index is 2.04. The lowest BCUT2D eigenvalue weighted by Gasteiger charge is -2.18. The van der Waals surface area contributed by atoms with Gasteiger partial charge in [-0.25, -0.2) is 10.8 Å². The second-order valence-corrected chi connectivity index (χ2v) is 6.88. The Labute approximate surface area is 131 Å². The highest BCUT2D eigenvalue weighted by molar-refractivity contribution is 7.18. The molecule has 3 aromatic rings. The molecule has 3 N–H and O–H groups in total. The highest BCUT2D eigenvalue weighted by atomic mass is 32.1. The highest BCUT2D eigenvalue weighted by Gasteiger charge is 2.14. The molecule has 3 rings (SSSR count). The van der Waals surface area contributed by atoms with Crippen LogP contribution in [0, 0.1) is 0 Å². The third kappa shape index (κ3) is 2.85. The minimum Gasteiger partial charge on any atom is -0.354 e. The first kappa shape index (κ1) is 14.2. The summed E-state index contributed by atoms with van der Waals surface area (Å²) in [6, 6.07) is 6.38. The fourth-order valence-corrected chi connectivity index (χ4v) is 3.92. The zero-order chi connectivity index (χ0) is 14.8. The maximum atomic E-state index is 5.50. The normalized spacial score (nSPS) is 11.0. The highest BCUT2D eigenvalue weighted by Crippen LogP contribution is 2.32. The summed E-state index contributed by atoms with van der Waals surface area (Å²) in [7, 11) is 2.05. The van der Waals surface area contributed by atoms with Gasteiger partial charge in [0.1, 0.15) is 10.6 Å². The first-order valence-electron chi connectivity index (χ1n) is 6.72. The molecule has 0 aliphatic heterocycles. The van der Waals surface area contributed by atoms with E-state index in [1.807, 2.05) is 7.05 Å². The second-order valence-electron chi connectivity index (χ2n) is 4.74. The van der Waals surface area contributed by atoms with Crippen molar-refractivity contribution in [3.05, 3.63) is 33.3 Å². The zero-order valence-corrected chi connectivity index (χ0v) is 13.6. The van der Waals surface area contributed by atoms with Crippen LogP contribution < -0.4 is 16.2 Å². The number of thiophene rings is 2. The number of aryl methyl sites for hydroxylation is 1. The van der Waals surface area contributed by atoms with Crippen LogP contribution in [0.1, 0.15) is 16.7 Å². The van der Waals surface area contributed by atoms with Crippen molar-refractivity contribution in [1.29, 1.82) is 0 Å². The topological polar surface area (TPSA) is 67.1 Å². The van der Waals surface area contributed by atoms with Crippen LogP contribution in [0.3, 0.4) is 0 Å². The molecule has 0 saturated heterocycles. The van der Waals surface area contributed by atoms with E-state index < -0.39 is 0 Å². The van der Waals surface area contributed by atoms with E-state index in [-0.39, 0.29) is 0 Å². The van der Waals surface area contributed by atoms with Gasteiger partial charge in [0.15, 0.2) is 0 Å². The van der Waals surface area contributed by atoms with Crippen LogP contribution in [0.2, 0.25) is 0 Å². The number of aromatic nitrogens is 2. The van der Waals surface area contributed by atoms with Crippen LogP contribution in [0.5, 0.6) is 0 Å². The fraction of sp³-hybridized carbons (Fsp3) is 0.286. The number of nitrogens with one attached hydrogen (secondary N) is 1. The van der Waals surface area contributed by atoms with E-state index in [0.29, 0.717) is 5.95 Å². The van der Waals surface area contributed by atoms with Crippen LogP contribution in [0.25, 0.3) is 10.2 Å². The van der Waals surface area contributed by atoms with Gasteiger partial charge in [0.25, 0.3) is 0 Å². The molecule has 0 atom stereocenters. The van der Waals surface area contributed by atoms with E-state index in [4.69, 9.17) is 5.84 Å². The average molecular weight is 319 g/mol. The van der Waals surface area contributed by atoms with Crippen molar-refractivity contribution < 1.29 is 0 Å². The van der Waals surface area contributed by atoms with Crippen molar-refractivity contribution in [3.63, 3.8) is 0 Å². The lowest BCUT2D eigenvalue weighted by Crippen LogP contribution is -2.19. The molecule has 0 aliphatic rings. The number of nitrogens with two attached hydrogens (primary N) is 1. The Morgan fingerprint density at radius 1 is 1.33 bits per heavy atom. The lowest BCUT2D eigenvalue weighted by atomic mass is 10.3. The average Bonchev–Trinajstić information content (AvgIpc) is 3.14. The molecule has 0 radical (unpaired) electrons. The predicted octanol–water partition coefficient (Wildman–Crippen LogP) is 3.24. The van der Waals surface area contributed by atoms with Crippen LogP contribution >= 0.6 is 22.7 Å². The van der Waals surface area contributed by atoms with Gasteiger partial charge < -0.3 is 4.90 Å². The van der Waals surface area contributed by atoms with Crippen molar-refractivity contribution in [3.8, 4) is 0 Å². The maximum Gasteiger partial charge on any atom is 0.240 e. The van der Waals surface area contributed by atoms with Crippen molar-refractivity contribution in [2.45, 2.75) is 19.9 Å². The molecule has 0 aromatic carbocycles. The Morgan fingerprint density at radius 3 is 2.86 bits per heavy atom. The van der Waals surface area contributed by atoms with Gasteiger partial charge in [-0.2, -0.15) is 4.98 Å². The molecule has 0 unspecified atom stereocenters. The standard InChI is InChI=1S/C14H17N5S2/c1-3-9-7-11-12(16-14(18-15)17-13(11)21-9)19(2)8-10-5-4-6-20-10/h4-7H,3,8,15H2,1-2H3,(H,16,17,18). The van der Waals surface area contributed by atoms with Gasteiger partial charge in [-0.05, 0) is 23.9 Å². The first-order chi connectivity index (χ1) is 10.2. The molecular weight excluding hydrogens is 302 g/mol. The van der Waals surface area contributed by atoms with Gasteiger partial charge in [0.2, 0.25) is 5.95 Å². The SMILES string of the molecule is CCc1cc2c(N(C)Cc3cccs3)nc(NN)nc2s1. The Bertz CT molecular complexity index is 735. The summed E-state index contributed by atoms with van der Waals surface area (Å²) >= 11 is 3.44. The van der Waals surface area contributed by atoms with Gasteiger partial charge >= 0.3 is 0 Å². The molecule has 3 heterocycles. The van der Waals surface area contributed by atoms with Gasteiger partial charge in [0, 0.05) is 16.8 Å². The maximum absolute atomic E-state index is 5.50. The lowest BCUT2D eigenvalue weighted by molar-refractivity contribution is 0.915. The number of nitrogens with zero attached hydrogens (tertiary/aromatic N) is 3. The summed E-state index contributed by atoms with van der Waals surface area (Å²) in [4.78, 5) is 14.7. The third-order valence-corrected chi connectivity index (χ3v) is 5.27. The summed E-state index contributed by atoms with van der Waals surface area (Å²) in [6.07, 6.45) is 1.00. The predicted molar refractivity (Wildman–Crippen MR) is 91.0 cm³/mol. The number of anilines is 2. The smallest absolute Gasteiger partial charge is 0.240 e. The number of nitrogen functional groups attached to an aromatic ring is 1. The molecule has 7 heteroatoms. The van der Waals surface area contributed by atoms with Gasteiger partial charge in [-0.3, -0.25) is 5.43 Å². The summed E-state index contributed by atoms with van der Waals surface area (Å²) in [5.41, 5.74) is 2.56. The third-order valence-electron chi connectivity index (χ3n) is 3.24. The Kier molecular flexibility index (Phi) is 4.05. The second kappa shape index (κ2) is 5.97. The Hall–Kier alpha value is -1.70. The van der Waals surface area contributed by atoms with Crippen LogP contribution in [0.4, 0.5) is 11.8 Å². The summed E-state index contributed by atoms with van der Waals surface area (Å²) in [5.74, 6) is 6.87. The molecule has 5 nitrogen and oxygen atoms in total. The number of rotatable bonds is 5. The van der Waals surface area contributed by atoms with Crippen LogP contribution in [-0.2, 0) is 13.0 Å². The summed E-state index contributed by atoms with van der Waals surface area (Å²) in [6.45, 7) is 2.97. The van der Waals surface area contributed by atoms with Gasteiger partial charge in [0.05, 0.1) is 11.9 Å². The minimum atomic E-state index is 0.458. The molecule has 21 heavy (non-hydrogen) atoms. The molecule has 3 aromatic heterocycles. The van der Waals surface area contributed by atoms with Gasteiger partial charge in [-0.15, -0.1) is 22.7 Å². The van der Waals surface area contributed by atoms with Gasteiger partial charge in [-0.1, -0.05) is 13.0 Å². The summed E-state index contributed by atoms with van der Waals surface area (Å²) in [5, 5.41) is 3.18. The monoisotopic (exact) mass is 319 g/mol. The Morgan fingerprint density at radius 2 is 2.19 bits per heavy atom. The zero-order valence-electron chi connectivity index (χ0n) is 12.0. The molecule has 0 bridgehead atoms. The molecule has 110 valence electrons. The molecule has 0 spiro atoms. The van der Waals surface area contributed by atoms with E-state index in [1.165, 1.54) is 9.75 Å². The van der Waals surface area contributed by atoms with E-state index in [0.717, 1.165) is 29.0 Å². The van der Waals surface area contributed by atoms with Crippen LogP contribution in [0.15, 0.2) is 23.6 Å². The van der Waals surface area contributed by atoms with Crippen molar-refractivity contribution >= 4 is 44.7 Å². The quantitative estimate of drug-likeness (QED) is 0.558. The molecular formula is C14H17N5S2. The van der Waals surface area contributed by atoms with Crippen molar-refractivity contribution in [1.82, 2.24) is 9.97 Å². The van der Waals surface area contributed by atoms with Crippen LogP contribution in [-0.4, -0.2) is 17.0 Å². The molecule has 0 saturated carbocycles.